The number of aromatic amines is 1. The molecule has 0 aliphatic rings. The molecule has 0 bridgehead atoms. The van der Waals surface area contributed by atoms with Crippen molar-refractivity contribution in [3.63, 3.8) is 0 Å². The van der Waals surface area contributed by atoms with Crippen LogP contribution in [-0.4, -0.2) is 16.1 Å². The molecule has 18 heavy (non-hydrogen) atoms. The lowest BCUT2D eigenvalue weighted by Crippen LogP contribution is -2.14. The SMILES string of the molecule is Cc1[nH]nc(C(=O)Nc2cc(Cl)ccc2Cl)c1C. The van der Waals surface area contributed by atoms with Gasteiger partial charge < -0.3 is 5.32 Å². The maximum atomic E-state index is 12.0. The second kappa shape index (κ2) is 5.00. The Morgan fingerprint density at radius 2 is 2.06 bits per heavy atom. The van der Waals surface area contributed by atoms with Crippen LogP contribution in [0.5, 0.6) is 0 Å². The minimum absolute atomic E-state index is 0.319. The second-order valence-electron chi connectivity index (χ2n) is 3.90. The van der Waals surface area contributed by atoms with E-state index in [9.17, 15) is 4.79 Å². The highest BCUT2D eigenvalue weighted by atomic mass is 35.5. The summed E-state index contributed by atoms with van der Waals surface area (Å²) < 4.78 is 0. The standard InChI is InChI=1S/C12H11Cl2N3O/c1-6-7(2)16-17-11(6)12(18)15-10-5-8(13)3-4-9(10)14/h3-5H,1-2H3,(H,15,18)(H,16,17). The number of halogens is 2. The van der Waals surface area contributed by atoms with E-state index in [1.165, 1.54) is 0 Å². The summed E-state index contributed by atoms with van der Waals surface area (Å²) in [6.45, 7) is 3.68. The first-order valence-corrected chi connectivity index (χ1v) is 6.02. The topological polar surface area (TPSA) is 57.8 Å². The van der Waals surface area contributed by atoms with Crippen LogP contribution in [0, 0.1) is 13.8 Å². The van der Waals surface area contributed by atoms with Gasteiger partial charge in [-0.2, -0.15) is 5.10 Å². The number of hydrogen-bond acceptors (Lipinski definition) is 2. The molecule has 0 atom stereocenters. The predicted molar refractivity (Wildman–Crippen MR) is 72.5 cm³/mol. The van der Waals surface area contributed by atoms with Crippen molar-refractivity contribution in [2.45, 2.75) is 13.8 Å². The largest absolute Gasteiger partial charge is 0.319 e. The summed E-state index contributed by atoms with van der Waals surface area (Å²) in [6.07, 6.45) is 0. The van der Waals surface area contributed by atoms with E-state index in [0.717, 1.165) is 11.3 Å². The Morgan fingerprint density at radius 3 is 2.67 bits per heavy atom. The average Bonchev–Trinajstić information content (AvgIpc) is 2.65. The number of H-pyrrole nitrogens is 1. The minimum Gasteiger partial charge on any atom is -0.319 e. The number of nitrogens with zero attached hydrogens (tertiary/aromatic N) is 1. The van der Waals surface area contributed by atoms with Crippen LogP contribution >= 0.6 is 23.2 Å². The normalized spacial score (nSPS) is 10.4. The second-order valence-corrected chi connectivity index (χ2v) is 4.74. The molecule has 6 heteroatoms. The van der Waals surface area contributed by atoms with Crippen LogP contribution < -0.4 is 5.32 Å². The first kappa shape index (κ1) is 12.9. The quantitative estimate of drug-likeness (QED) is 0.885. The van der Waals surface area contributed by atoms with E-state index in [1.807, 2.05) is 13.8 Å². The summed E-state index contributed by atoms with van der Waals surface area (Å²) in [5.41, 5.74) is 2.49. The number of hydrogen-bond donors (Lipinski definition) is 2. The summed E-state index contributed by atoms with van der Waals surface area (Å²) in [6, 6.07) is 4.88. The number of nitrogens with one attached hydrogen (secondary N) is 2. The van der Waals surface area contributed by atoms with Gasteiger partial charge in [0.1, 0.15) is 0 Å². The first-order valence-electron chi connectivity index (χ1n) is 5.27. The van der Waals surface area contributed by atoms with Gasteiger partial charge in [-0.25, -0.2) is 0 Å². The third-order valence-corrected chi connectivity index (χ3v) is 3.21. The monoisotopic (exact) mass is 283 g/mol. The zero-order valence-electron chi connectivity index (χ0n) is 9.84. The molecule has 2 aromatic rings. The lowest BCUT2D eigenvalue weighted by atomic mass is 10.2. The Morgan fingerprint density at radius 1 is 1.33 bits per heavy atom. The van der Waals surface area contributed by atoms with E-state index in [1.54, 1.807) is 18.2 Å². The number of amides is 1. The molecule has 4 nitrogen and oxygen atoms in total. The van der Waals surface area contributed by atoms with Gasteiger partial charge in [0.05, 0.1) is 10.7 Å². The van der Waals surface area contributed by atoms with Crippen molar-refractivity contribution in [2.24, 2.45) is 0 Å². The number of carbonyl (C=O) groups is 1. The van der Waals surface area contributed by atoms with E-state index in [2.05, 4.69) is 15.5 Å². The molecule has 0 radical (unpaired) electrons. The van der Waals surface area contributed by atoms with E-state index < -0.39 is 0 Å². The Labute approximate surface area is 114 Å². The van der Waals surface area contributed by atoms with Crippen molar-refractivity contribution in [2.75, 3.05) is 5.32 Å². The van der Waals surface area contributed by atoms with Crippen molar-refractivity contribution >= 4 is 34.8 Å². The lowest BCUT2D eigenvalue weighted by Gasteiger charge is -2.06. The maximum absolute atomic E-state index is 12.0. The van der Waals surface area contributed by atoms with Gasteiger partial charge >= 0.3 is 0 Å². The molecule has 0 saturated heterocycles. The summed E-state index contributed by atoms with van der Waals surface area (Å²) >= 11 is 11.8. The van der Waals surface area contributed by atoms with E-state index in [0.29, 0.717) is 21.4 Å². The molecule has 0 saturated carbocycles. The van der Waals surface area contributed by atoms with Gasteiger partial charge in [0.2, 0.25) is 0 Å². The molecule has 94 valence electrons. The first-order chi connectivity index (χ1) is 8.49. The van der Waals surface area contributed by atoms with E-state index >= 15 is 0 Å². The van der Waals surface area contributed by atoms with Crippen LogP contribution in [0.4, 0.5) is 5.69 Å². The highest BCUT2D eigenvalue weighted by Gasteiger charge is 2.15. The van der Waals surface area contributed by atoms with Gasteiger partial charge in [-0.15, -0.1) is 0 Å². The van der Waals surface area contributed by atoms with E-state index in [4.69, 9.17) is 23.2 Å². The summed E-state index contributed by atoms with van der Waals surface area (Å²) in [5, 5.41) is 10.3. The number of carbonyl (C=O) groups excluding carboxylic acids is 1. The van der Waals surface area contributed by atoms with Crippen molar-refractivity contribution in [1.29, 1.82) is 0 Å². The van der Waals surface area contributed by atoms with Crippen molar-refractivity contribution < 1.29 is 4.79 Å². The lowest BCUT2D eigenvalue weighted by molar-refractivity contribution is 0.102. The smallest absolute Gasteiger partial charge is 0.276 e. The molecular weight excluding hydrogens is 273 g/mol. The fraction of sp³-hybridized carbons (Fsp3) is 0.167. The molecular formula is C12H11Cl2N3O. The molecule has 1 aromatic carbocycles. The Kier molecular flexibility index (Phi) is 3.59. The molecule has 0 unspecified atom stereocenters. The van der Waals surface area contributed by atoms with Crippen LogP contribution in [0.1, 0.15) is 21.7 Å². The fourth-order valence-electron chi connectivity index (χ4n) is 1.48. The number of aromatic nitrogens is 2. The number of anilines is 1. The van der Waals surface area contributed by atoms with E-state index in [-0.39, 0.29) is 5.91 Å². The van der Waals surface area contributed by atoms with Gasteiger partial charge in [0, 0.05) is 16.3 Å². The molecule has 1 amide bonds. The van der Waals surface area contributed by atoms with Crippen LogP contribution in [0.25, 0.3) is 0 Å². The van der Waals surface area contributed by atoms with Gasteiger partial charge in [-0.3, -0.25) is 9.89 Å². The summed E-state index contributed by atoms with van der Waals surface area (Å²) in [5.74, 6) is -0.319. The van der Waals surface area contributed by atoms with Crippen LogP contribution in [0.15, 0.2) is 18.2 Å². The summed E-state index contributed by atoms with van der Waals surface area (Å²) in [7, 11) is 0. The third-order valence-electron chi connectivity index (χ3n) is 2.64. The number of benzene rings is 1. The minimum atomic E-state index is -0.319. The van der Waals surface area contributed by atoms with Crippen molar-refractivity contribution in [3.05, 3.63) is 45.2 Å². The highest BCUT2D eigenvalue weighted by Crippen LogP contribution is 2.26. The zero-order chi connectivity index (χ0) is 13.3. The Hall–Kier alpha value is -1.52. The molecule has 0 aliphatic carbocycles. The number of aryl methyl sites for hydroxylation is 1. The Bertz CT molecular complexity index is 607. The summed E-state index contributed by atoms with van der Waals surface area (Å²) in [4.78, 5) is 12.0. The van der Waals surface area contributed by atoms with Gasteiger partial charge in [0.15, 0.2) is 5.69 Å². The molecule has 2 N–H and O–H groups in total. The molecule has 0 fully saturated rings. The van der Waals surface area contributed by atoms with Crippen LogP contribution in [-0.2, 0) is 0 Å². The molecule has 2 rings (SSSR count). The molecule has 0 spiro atoms. The van der Waals surface area contributed by atoms with Crippen molar-refractivity contribution in [3.8, 4) is 0 Å². The molecule has 1 heterocycles. The van der Waals surface area contributed by atoms with Crippen LogP contribution in [0.3, 0.4) is 0 Å². The maximum Gasteiger partial charge on any atom is 0.276 e. The molecule has 1 aromatic heterocycles. The fourth-order valence-corrected chi connectivity index (χ4v) is 1.82. The predicted octanol–water partition coefficient (Wildman–Crippen LogP) is 3.59. The average molecular weight is 284 g/mol. The van der Waals surface area contributed by atoms with Gasteiger partial charge in [0.25, 0.3) is 5.91 Å². The Balaban J connectivity index is 2.27. The zero-order valence-corrected chi connectivity index (χ0v) is 11.4. The van der Waals surface area contributed by atoms with Gasteiger partial charge in [-0.1, -0.05) is 23.2 Å². The third kappa shape index (κ3) is 2.49. The molecule has 0 aliphatic heterocycles. The highest BCUT2D eigenvalue weighted by molar-refractivity contribution is 6.35. The van der Waals surface area contributed by atoms with Gasteiger partial charge in [-0.05, 0) is 32.0 Å². The van der Waals surface area contributed by atoms with Crippen molar-refractivity contribution in [1.82, 2.24) is 10.2 Å². The van der Waals surface area contributed by atoms with Crippen LogP contribution in [0.2, 0.25) is 10.0 Å². The number of rotatable bonds is 2.